The van der Waals surface area contributed by atoms with Crippen LogP contribution in [0.1, 0.15) is 20.8 Å². The van der Waals surface area contributed by atoms with Gasteiger partial charge in [-0.15, -0.1) is 0 Å². The molecule has 0 bridgehead atoms. The number of nitrogens with zero attached hydrogens (tertiary/aromatic N) is 1. The van der Waals surface area contributed by atoms with E-state index in [4.69, 9.17) is 0 Å². The lowest BCUT2D eigenvalue weighted by atomic mass is 10.1. The molecule has 1 rings (SSSR count). The van der Waals surface area contributed by atoms with Gasteiger partial charge in [-0.3, -0.25) is 5.43 Å². The van der Waals surface area contributed by atoms with Crippen molar-refractivity contribution >= 4 is 23.2 Å². The molecule has 1 aromatic carbocycles. The van der Waals surface area contributed by atoms with Gasteiger partial charge in [0.2, 0.25) is 0 Å². The fraction of sp³-hybridized carbons (Fsp3) is 0.417. The van der Waals surface area contributed by atoms with Gasteiger partial charge in [-0.25, -0.2) is 0 Å². The molecule has 0 saturated carbocycles. The van der Waals surface area contributed by atoms with E-state index in [1.165, 1.54) is 12.1 Å². The molecule has 0 saturated heterocycles. The highest BCUT2D eigenvalue weighted by Crippen LogP contribution is 2.36. The molecule has 18 heavy (non-hydrogen) atoms. The van der Waals surface area contributed by atoms with Crippen LogP contribution in [0.5, 0.6) is 0 Å². The molecule has 0 aromatic heterocycles. The summed E-state index contributed by atoms with van der Waals surface area (Å²) >= 11 is -0.125. The number of nitrogens with one attached hydrogen (secondary N) is 1. The summed E-state index contributed by atoms with van der Waals surface area (Å²) in [5, 5.41) is 4.14. The predicted octanol–water partition coefficient (Wildman–Crippen LogP) is 4.74. The van der Waals surface area contributed by atoms with Crippen molar-refractivity contribution < 1.29 is 13.2 Å². The summed E-state index contributed by atoms with van der Waals surface area (Å²) in [5.74, 6) is 0.331. The summed E-state index contributed by atoms with van der Waals surface area (Å²) in [6.45, 7) is 5.93. The van der Waals surface area contributed by atoms with E-state index in [0.717, 1.165) is 5.71 Å². The molecule has 0 fully saturated rings. The van der Waals surface area contributed by atoms with Crippen LogP contribution in [0, 0.1) is 5.92 Å². The van der Waals surface area contributed by atoms with E-state index >= 15 is 0 Å². The Kier molecular flexibility index (Phi) is 5.07. The van der Waals surface area contributed by atoms with Crippen molar-refractivity contribution in [3.8, 4) is 0 Å². The highest BCUT2D eigenvalue weighted by molar-refractivity contribution is 8.00. The number of halogens is 3. The number of hydrazone groups is 1. The standard InChI is InChI=1S/C12H15F3N2S/c1-8(2)9(3)16-17-10-4-6-11(7-5-10)18-12(13,14)15/h4-8,17H,1-3H3. The topological polar surface area (TPSA) is 24.4 Å². The van der Waals surface area contributed by atoms with E-state index in [0.29, 0.717) is 11.6 Å². The van der Waals surface area contributed by atoms with Gasteiger partial charge in [-0.2, -0.15) is 18.3 Å². The molecule has 2 nitrogen and oxygen atoms in total. The minimum absolute atomic E-state index is 0.125. The monoisotopic (exact) mass is 276 g/mol. The van der Waals surface area contributed by atoms with Gasteiger partial charge < -0.3 is 0 Å². The largest absolute Gasteiger partial charge is 0.446 e. The number of benzene rings is 1. The van der Waals surface area contributed by atoms with Crippen LogP contribution in [0.3, 0.4) is 0 Å². The van der Waals surface area contributed by atoms with E-state index < -0.39 is 5.51 Å². The van der Waals surface area contributed by atoms with E-state index in [1.54, 1.807) is 12.1 Å². The zero-order valence-corrected chi connectivity index (χ0v) is 11.2. The molecule has 0 atom stereocenters. The fourth-order valence-electron chi connectivity index (χ4n) is 1.01. The molecule has 0 heterocycles. The SMILES string of the molecule is CC(=NNc1ccc(SC(F)(F)F)cc1)C(C)C. The van der Waals surface area contributed by atoms with E-state index in [2.05, 4.69) is 10.5 Å². The van der Waals surface area contributed by atoms with Crippen molar-refractivity contribution in [3.63, 3.8) is 0 Å². The Hall–Kier alpha value is -1.17. The highest BCUT2D eigenvalue weighted by Gasteiger charge is 2.28. The van der Waals surface area contributed by atoms with Crippen LogP contribution in [-0.4, -0.2) is 11.2 Å². The molecule has 0 radical (unpaired) electrons. The van der Waals surface area contributed by atoms with Gasteiger partial charge in [-0.1, -0.05) is 13.8 Å². The minimum Gasteiger partial charge on any atom is -0.279 e. The Morgan fingerprint density at radius 2 is 1.78 bits per heavy atom. The minimum atomic E-state index is -4.25. The van der Waals surface area contributed by atoms with Crippen LogP contribution in [0.25, 0.3) is 0 Å². The van der Waals surface area contributed by atoms with E-state index in [9.17, 15) is 13.2 Å². The van der Waals surface area contributed by atoms with Gasteiger partial charge in [0.25, 0.3) is 0 Å². The number of alkyl halides is 3. The van der Waals surface area contributed by atoms with Gasteiger partial charge >= 0.3 is 5.51 Å². The maximum absolute atomic E-state index is 12.1. The molecule has 0 aliphatic rings. The van der Waals surface area contributed by atoms with Crippen LogP contribution in [0.15, 0.2) is 34.3 Å². The molecule has 1 N–H and O–H groups in total. The van der Waals surface area contributed by atoms with Gasteiger partial charge in [0.05, 0.1) is 5.69 Å². The number of anilines is 1. The molecule has 6 heteroatoms. The zero-order chi connectivity index (χ0) is 13.8. The predicted molar refractivity (Wildman–Crippen MR) is 69.9 cm³/mol. The summed E-state index contributed by atoms with van der Waals surface area (Å²) < 4.78 is 36.3. The Morgan fingerprint density at radius 1 is 1.22 bits per heavy atom. The first kappa shape index (κ1) is 14.9. The Balaban J connectivity index is 2.64. The van der Waals surface area contributed by atoms with Crippen molar-refractivity contribution in [1.82, 2.24) is 0 Å². The van der Waals surface area contributed by atoms with Crippen molar-refractivity contribution in [2.45, 2.75) is 31.2 Å². The van der Waals surface area contributed by atoms with Crippen LogP contribution >= 0.6 is 11.8 Å². The zero-order valence-electron chi connectivity index (χ0n) is 10.4. The summed E-state index contributed by atoms with van der Waals surface area (Å²) in [7, 11) is 0. The molecular weight excluding hydrogens is 261 g/mol. The van der Waals surface area contributed by atoms with E-state index in [1.807, 2.05) is 20.8 Å². The number of hydrogen-bond donors (Lipinski definition) is 1. The fourth-order valence-corrected chi connectivity index (χ4v) is 1.55. The van der Waals surface area contributed by atoms with Crippen LogP contribution in [0.4, 0.5) is 18.9 Å². The summed E-state index contributed by atoms with van der Waals surface area (Å²) in [4.78, 5) is 0.164. The first-order valence-electron chi connectivity index (χ1n) is 5.44. The molecule has 1 aromatic rings. The van der Waals surface area contributed by atoms with Gasteiger partial charge in [0.1, 0.15) is 0 Å². The van der Waals surface area contributed by atoms with Crippen molar-refractivity contribution in [1.29, 1.82) is 0 Å². The molecule has 0 aliphatic heterocycles. The van der Waals surface area contributed by atoms with Crippen molar-refractivity contribution in [2.24, 2.45) is 11.0 Å². The molecule has 0 aliphatic carbocycles. The lowest BCUT2D eigenvalue weighted by Gasteiger charge is -2.08. The van der Waals surface area contributed by atoms with E-state index in [-0.39, 0.29) is 16.7 Å². The third-order valence-electron chi connectivity index (χ3n) is 2.28. The normalized spacial score (nSPS) is 12.9. The first-order chi connectivity index (χ1) is 8.28. The Labute approximate surface area is 109 Å². The maximum Gasteiger partial charge on any atom is 0.446 e. The van der Waals surface area contributed by atoms with Gasteiger partial charge in [0, 0.05) is 10.6 Å². The second-order valence-corrected chi connectivity index (χ2v) is 5.23. The molecule has 0 spiro atoms. The number of hydrogen-bond acceptors (Lipinski definition) is 3. The van der Waals surface area contributed by atoms with Crippen LogP contribution in [-0.2, 0) is 0 Å². The van der Waals surface area contributed by atoms with Crippen LogP contribution in [0.2, 0.25) is 0 Å². The third-order valence-corrected chi connectivity index (χ3v) is 3.02. The third kappa shape index (κ3) is 5.44. The number of rotatable bonds is 4. The second-order valence-electron chi connectivity index (χ2n) is 4.09. The molecular formula is C12H15F3N2S. The average molecular weight is 276 g/mol. The lowest BCUT2D eigenvalue weighted by molar-refractivity contribution is -0.0328. The van der Waals surface area contributed by atoms with Crippen LogP contribution < -0.4 is 5.43 Å². The Bertz CT molecular complexity index is 410. The summed E-state index contributed by atoms with van der Waals surface area (Å²) in [6, 6.07) is 5.98. The molecule has 0 amide bonds. The van der Waals surface area contributed by atoms with Gasteiger partial charge in [-0.05, 0) is 48.9 Å². The maximum atomic E-state index is 12.1. The second kappa shape index (κ2) is 6.13. The Morgan fingerprint density at radius 3 is 2.22 bits per heavy atom. The summed E-state index contributed by atoms with van der Waals surface area (Å²) in [6.07, 6.45) is 0. The van der Waals surface area contributed by atoms with Gasteiger partial charge in [0.15, 0.2) is 0 Å². The first-order valence-corrected chi connectivity index (χ1v) is 6.25. The quantitative estimate of drug-likeness (QED) is 0.488. The highest BCUT2D eigenvalue weighted by atomic mass is 32.2. The number of thioether (sulfide) groups is 1. The summed E-state index contributed by atoms with van der Waals surface area (Å²) in [5.41, 5.74) is 0.167. The van der Waals surface area contributed by atoms with Crippen molar-refractivity contribution in [2.75, 3.05) is 5.43 Å². The molecule has 0 unspecified atom stereocenters. The lowest BCUT2D eigenvalue weighted by Crippen LogP contribution is -2.05. The molecule has 100 valence electrons. The van der Waals surface area contributed by atoms with Crippen molar-refractivity contribution in [3.05, 3.63) is 24.3 Å². The average Bonchev–Trinajstić information content (AvgIpc) is 2.25. The smallest absolute Gasteiger partial charge is 0.279 e.